The summed E-state index contributed by atoms with van der Waals surface area (Å²) in [5, 5.41) is 2.85. The fraction of sp³-hybridized carbons (Fsp3) is 0.217. The molecule has 2 aromatic carbocycles. The highest BCUT2D eigenvalue weighted by molar-refractivity contribution is 9.10. The van der Waals surface area contributed by atoms with Gasteiger partial charge in [0.15, 0.2) is 10.4 Å². The second-order valence-corrected chi connectivity index (χ2v) is 7.59. The molecule has 0 saturated carbocycles. The first-order valence-electron chi connectivity index (χ1n) is 9.48. The standard InChI is InChI=1S/C23H23BrN2O4/c1-15-7-6-8-16(2)21(15)29-14-13-25-22(27)17-9-4-5-10-18(17)26(3)23(28)19-11-12-20(24)30-19/h4-12H,13-14H2,1-3H3,(H,25,27). The van der Waals surface area contributed by atoms with Crippen molar-refractivity contribution < 1.29 is 18.7 Å². The van der Waals surface area contributed by atoms with E-state index in [9.17, 15) is 9.59 Å². The van der Waals surface area contributed by atoms with Crippen molar-refractivity contribution in [3.8, 4) is 5.75 Å². The van der Waals surface area contributed by atoms with Gasteiger partial charge in [-0.2, -0.15) is 0 Å². The number of benzene rings is 2. The van der Waals surface area contributed by atoms with Crippen LogP contribution in [0, 0.1) is 13.8 Å². The van der Waals surface area contributed by atoms with Gasteiger partial charge in [0.05, 0.1) is 17.8 Å². The first-order chi connectivity index (χ1) is 14.4. The van der Waals surface area contributed by atoms with Crippen molar-refractivity contribution in [2.24, 2.45) is 0 Å². The van der Waals surface area contributed by atoms with Gasteiger partial charge in [-0.1, -0.05) is 30.3 Å². The van der Waals surface area contributed by atoms with E-state index < -0.39 is 0 Å². The summed E-state index contributed by atoms with van der Waals surface area (Å²) in [6, 6.07) is 16.1. The van der Waals surface area contributed by atoms with Crippen LogP contribution in [0.2, 0.25) is 0 Å². The number of hydrogen-bond acceptors (Lipinski definition) is 4. The zero-order valence-electron chi connectivity index (χ0n) is 17.1. The van der Waals surface area contributed by atoms with Crippen LogP contribution in [0.3, 0.4) is 0 Å². The van der Waals surface area contributed by atoms with E-state index in [2.05, 4.69) is 21.2 Å². The highest BCUT2D eigenvalue weighted by Crippen LogP contribution is 2.24. The molecule has 0 atom stereocenters. The smallest absolute Gasteiger partial charge is 0.293 e. The summed E-state index contributed by atoms with van der Waals surface area (Å²) in [6.45, 7) is 4.65. The maximum absolute atomic E-state index is 12.7. The lowest BCUT2D eigenvalue weighted by atomic mass is 10.1. The van der Waals surface area contributed by atoms with Crippen LogP contribution in [0.15, 0.2) is 63.7 Å². The molecule has 3 aromatic rings. The van der Waals surface area contributed by atoms with Crippen LogP contribution in [0.4, 0.5) is 5.69 Å². The summed E-state index contributed by atoms with van der Waals surface area (Å²) >= 11 is 3.19. The molecule has 6 nitrogen and oxygen atoms in total. The minimum atomic E-state index is -0.348. The topological polar surface area (TPSA) is 71.8 Å². The van der Waals surface area contributed by atoms with Crippen LogP contribution in [-0.2, 0) is 0 Å². The highest BCUT2D eigenvalue weighted by atomic mass is 79.9. The number of nitrogens with one attached hydrogen (secondary N) is 1. The SMILES string of the molecule is Cc1cccc(C)c1OCCNC(=O)c1ccccc1N(C)C(=O)c1ccc(Br)o1. The van der Waals surface area contributed by atoms with Crippen molar-refractivity contribution in [2.75, 3.05) is 25.1 Å². The predicted molar refractivity (Wildman–Crippen MR) is 119 cm³/mol. The summed E-state index contributed by atoms with van der Waals surface area (Å²) in [6.07, 6.45) is 0. The number of furan rings is 1. The Kier molecular flexibility index (Phi) is 6.95. The quantitative estimate of drug-likeness (QED) is 0.506. The molecule has 30 heavy (non-hydrogen) atoms. The summed E-state index contributed by atoms with van der Waals surface area (Å²) in [4.78, 5) is 26.8. The lowest BCUT2D eigenvalue weighted by molar-refractivity contribution is 0.0947. The van der Waals surface area contributed by atoms with Crippen molar-refractivity contribution in [3.05, 3.63) is 81.7 Å². The number of aryl methyl sites for hydroxylation is 2. The molecule has 0 radical (unpaired) electrons. The van der Waals surface area contributed by atoms with Crippen LogP contribution in [0.5, 0.6) is 5.75 Å². The van der Waals surface area contributed by atoms with E-state index in [0.29, 0.717) is 29.1 Å². The number of para-hydroxylation sites is 2. The molecular weight excluding hydrogens is 448 g/mol. The number of amides is 2. The third-order valence-electron chi connectivity index (χ3n) is 4.64. The molecule has 0 spiro atoms. The van der Waals surface area contributed by atoms with Gasteiger partial charge in [0.1, 0.15) is 12.4 Å². The van der Waals surface area contributed by atoms with E-state index in [1.54, 1.807) is 43.4 Å². The fourth-order valence-corrected chi connectivity index (χ4v) is 3.41. The Balaban J connectivity index is 1.64. The van der Waals surface area contributed by atoms with E-state index >= 15 is 0 Å². The zero-order valence-corrected chi connectivity index (χ0v) is 18.7. The van der Waals surface area contributed by atoms with E-state index in [0.717, 1.165) is 16.9 Å². The Morgan fingerprint density at radius 2 is 1.73 bits per heavy atom. The lowest BCUT2D eigenvalue weighted by Gasteiger charge is -2.19. The molecule has 3 rings (SSSR count). The Labute approximate surface area is 184 Å². The average Bonchev–Trinajstić information content (AvgIpc) is 3.18. The second kappa shape index (κ2) is 9.63. The third-order valence-corrected chi connectivity index (χ3v) is 5.07. The molecule has 0 bridgehead atoms. The largest absolute Gasteiger partial charge is 0.491 e. The number of nitrogens with zero attached hydrogens (tertiary/aromatic N) is 1. The van der Waals surface area contributed by atoms with Gasteiger partial charge < -0.3 is 19.4 Å². The second-order valence-electron chi connectivity index (χ2n) is 6.81. The van der Waals surface area contributed by atoms with Gasteiger partial charge in [-0.25, -0.2) is 0 Å². The molecule has 0 saturated heterocycles. The zero-order chi connectivity index (χ0) is 21.7. The van der Waals surface area contributed by atoms with Gasteiger partial charge in [0, 0.05) is 7.05 Å². The van der Waals surface area contributed by atoms with Gasteiger partial charge in [-0.05, 0) is 65.2 Å². The van der Waals surface area contributed by atoms with E-state index in [1.807, 2.05) is 32.0 Å². The number of ether oxygens (including phenoxy) is 1. The number of carbonyl (C=O) groups excluding carboxylic acids is 2. The van der Waals surface area contributed by atoms with Gasteiger partial charge in [-0.3, -0.25) is 9.59 Å². The normalized spacial score (nSPS) is 10.5. The molecular formula is C23H23BrN2O4. The molecule has 0 aliphatic carbocycles. The summed E-state index contributed by atoms with van der Waals surface area (Å²) < 4.78 is 11.6. The summed E-state index contributed by atoms with van der Waals surface area (Å²) in [7, 11) is 1.61. The lowest BCUT2D eigenvalue weighted by Crippen LogP contribution is -2.32. The van der Waals surface area contributed by atoms with Crippen molar-refractivity contribution in [2.45, 2.75) is 13.8 Å². The number of halogens is 1. The Morgan fingerprint density at radius 3 is 2.40 bits per heavy atom. The van der Waals surface area contributed by atoms with Crippen LogP contribution < -0.4 is 15.0 Å². The molecule has 0 fully saturated rings. The fourth-order valence-electron chi connectivity index (χ4n) is 3.10. The maximum atomic E-state index is 12.7. The molecule has 2 amide bonds. The summed E-state index contributed by atoms with van der Waals surface area (Å²) in [5.74, 6) is 0.388. The number of rotatable bonds is 7. The van der Waals surface area contributed by atoms with Crippen molar-refractivity contribution in [3.63, 3.8) is 0 Å². The number of carbonyl (C=O) groups is 2. The minimum absolute atomic E-state index is 0.182. The number of hydrogen-bond donors (Lipinski definition) is 1. The monoisotopic (exact) mass is 470 g/mol. The average molecular weight is 471 g/mol. The first kappa shape index (κ1) is 21.6. The molecule has 0 aliphatic heterocycles. The molecule has 0 unspecified atom stereocenters. The molecule has 156 valence electrons. The minimum Gasteiger partial charge on any atom is -0.491 e. The molecule has 1 aromatic heterocycles. The maximum Gasteiger partial charge on any atom is 0.293 e. The van der Waals surface area contributed by atoms with Crippen LogP contribution >= 0.6 is 15.9 Å². The summed E-state index contributed by atoms with van der Waals surface area (Å²) in [5.41, 5.74) is 2.99. The van der Waals surface area contributed by atoms with Crippen LogP contribution in [-0.4, -0.2) is 32.0 Å². The predicted octanol–water partition coefficient (Wildman–Crippen LogP) is 4.74. The van der Waals surface area contributed by atoms with Crippen molar-refractivity contribution >= 4 is 33.4 Å². The Morgan fingerprint density at radius 1 is 1.03 bits per heavy atom. The third kappa shape index (κ3) is 4.91. The Bertz CT molecular complexity index is 1040. The van der Waals surface area contributed by atoms with E-state index in [-0.39, 0.29) is 17.6 Å². The molecule has 7 heteroatoms. The van der Waals surface area contributed by atoms with Gasteiger partial charge in [0.25, 0.3) is 11.8 Å². The van der Waals surface area contributed by atoms with Crippen molar-refractivity contribution in [1.29, 1.82) is 0 Å². The van der Waals surface area contributed by atoms with Crippen molar-refractivity contribution in [1.82, 2.24) is 5.32 Å². The molecule has 1 N–H and O–H groups in total. The highest BCUT2D eigenvalue weighted by Gasteiger charge is 2.21. The molecule has 0 aliphatic rings. The van der Waals surface area contributed by atoms with E-state index in [4.69, 9.17) is 9.15 Å². The van der Waals surface area contributed by atoms with Gasteiger partial charge in [-0.15, -0.1) is 0 Å². The van der Waals surface area contributed by atoms with E-state index in [1.165, 1.54) is 4.90 Å². The van der Waals surface area contributed by atoms with Crippen LogP contribution in [0.25, 0.3) is 0 Å². The first-order valence-corrected chi connectivity index (χ1v) is 10.3. The Hall–Kier alpha value is -3.06. The van der Waals surface area contributed by atoms with Gasteiger partial charge >= 0.3 is 0 Å². The molecule has 1 heterocycles. The number of anilines is 1. The van der Waals surface area contributed by atoms with Gasteiger partial charge in [0.2, 0.25) is 0 Å². The van der Waals surface area contributed by atoms with Crippen LogP contribution in [0.1, 0.15) is 32.0 Å².